The standard InChI is InChI=1S/C25H25N3O4/c1-16-3-9-21(17(2)13-16)28-24(31)27-20-7-4-18(5-8-20)19-6-10-22(26-14-19)32-15-25(11-12-25)23(29)30/h3-10,13-14H,11-12,15H2,1-2H3,(H,29,30)(H2,27,28,31). The smallest absolute Gasteiger partial charge is 0.323 e. The highest BCUT2D eigenvalue weighted by molar-refractivity contribution is 6.00. The first-order chi connectivity index (χ1) is 15.3. The number of hydrogen-bond donors (Lipinski definition) is 3. The summed E-state index contributed by atoms with van der Waals surface area (Å²) in [5, 5.41) is 14.9. The molecule has 1 saturated carbocycles. The number of aryl methyl sites for hydroxylation is 2. The number of aromatic nitrogens is 1. The van der Waals surface area contributed by atoms with Gasteiger partial charge in [0.1, 0.15) is 12.0 Å². The maximum absolute atomic E-state index is 12.3. The van der Waals surface area contributed by atoms with Gasteiger partial charge in [0.25, 0.3) is 0 Å². The van der Waals surface area contributed by atoms with E-state index in [2.05, 4.69) is 15.6 Å². The minimum Gasteiger partial charge on any atom is -0.481 e. The maximum Gasteiger partial charge on any atom is 0.323 e. The summed E-state index contributed by atoms with van der Waals surface area (Å²) in [5.41, 5.74) is 4.68. The van der Waals surface area contributed by atoms with Gasteiger partial charge in [-0.15, -0.1) is 0 Å². The van der Waals surface area contributed by atoms with Gasteiger partial charge >= 0.3 is 12.0 Å². The van der Waals surface area contributed by atoms with Gasteiger partial charge in [-0.05, 0) is 62.1 Å². The third-order valence-electron chi connectivity index (χ3n) is 5.65. The first-order valence-electron chi connectivity index (χ1n) is 10.4. The van der Waals surface area contributed by atoms with Crippen LogP contribution >= 0.6 is 0 Å². The van der Waals surface area contributed by atoms with Crippen molar-refractivity contribution >= 4 is 23.4 Å². The van der Waals surface area contributed by atoms with Crippen molar-refractivity contribution in [3.8, 4) is 17.0 Å². The summed E-state index contributed by atoms with van der Waals surface area (Å²) in [4.78, 5) is 27.8. The molecule has 0 spiro atoms. The molecule has 3 aromatic rings. The SMILES string of the molecule is Cc1ccc(NC(=O)Nc2ccc(-c3ccc(OCC4(C(=O)O)CC4)nc3)cc2)c(C)c1. The predicted molar refractivity (Wildman–Crippen MR) is 123 cm³/mol. The quantitative estimate of drug-likeness (QED) is 0.474. The second-order valence-electron chi connectivity index (χ2n) is 8.23. The van der Waals surface area contributed by atoms with Crippen LogP contribution in [0.3, 0.4) is 0 Å². The molecule has 1 aliphatic carbocycles. The van der Waals surface area contributed by atoms with E-state index in [9.17, 15) is 14.7 Å². The van der Waals surface area contributed by atoms with Crippen LogP contribution in [-0.4, -0.2) is 28.7 Å². The molecule has 1 fully saturated rings. The van der Waals surface area contributed by atoms with Crippen LogP contribution < -0.4 is 15.4 Å². The molecule has 7 nitrogen and oxygen atoms in total. The van der Waals surface area contributed by atoms with Crippen LogP contribution in [0.2, 0.25) is 0 Å². The van der Waals surface area contributed by atoms with Gasteiger partial charge in [-0.3, -0.25) is 4.79 Å². The van der Waals surface area contributed by atoms with Gasteiger partial charge in [0, 0.05) is 29.2 Å². The number of hydrogen-bond acceptors (Lipinski definition) is 4. The van der Waals surface area contributed by atoms with Crippen LogP contribution in [0.5, 0.6) is 5.88 Å². The Balaban J connectivity index is 1.34. The van der Waals surface area contributed by atoms with Gasteiger partial charge in [-0.1, -0.05) is 29.8 Å². The molecule has 0 atom stereocenters. The molecule has 164 valence electrons. The molecule has 4 rings (SSSR count). The molecule has 1 aliphatic rings. The minimum absolute atomic E-state index is 0.138. The van der Waals surface area contributed by atoms with Crippen LogP contribution in [0.15, 0.2) is 60.8 Å². The average molecular weight is 431 g/mol. The Hall–Kier alpha value is -3.87. The molecule has 0 bridgehead atoms. The molecule has 0 radical (unpaired) electrons. The molecule has 1 heterocycles. The summed E-state index contributed by atoms with van der Waals surface area (Å²) in [6.07, 6.45) is 2.97. The van der Waals surface area contributed by atoms with E-state index in [1.54, 1.807) is 12.3 Å². The summed E-state index contributed by atoms with van der Waals surface area (Å²) >= 11 is 0. The third-order valence-corrected chi connectivity index (χ3v) is 5.65. The van der Waals surface area contributed by atoms with Gasteiger partial charge in [-0.25, -0.2) is 9.78 Å². The Kier molecular flexibility index (Phi) is 5.81. The number of anilines is 2. The zero-order valence-electron chi connectivity index (χ0n) is 18.0. The zero-order chi connectivity index (χ0) is 22.7. The number of urea groups is 1. The molecule has 0 saturated heterocycles. The Labute approximate surface area is 186 Å². The number of carbonyl (C=O) groups is 2. The van der Waals surface area contributed by atoms with Crippen molar-refractivity contribution in [2.24, 2.45) is 5.41 Å². The lowest BCUT2D eigenvalue weighted by Crippen LogP contribution is -2.23. The van der Waals surface area contributed by atoms with Crippen molar-refractivity contribution in [2.45, 2.75) is 26.7 Å². The van der Waals surface area contributed by atoms with Gasteiger partial charge in [0.05, 0.1) is 0 Å². The van der Waals surface area contributed by atoms with Crippen LogP contribution in [-0.2, 0) is 4.79 Å². The molecule has 2 aromatic carbocycles. The van der Waals surface area contributed by atoms with E-state index in [0.29, 0.717) is 24.4 Å². The van der Waals surface area contributed by atoms with Gasteiger partial charge in [-0.2, -0.15) is 0 Å². The Bertz CT molecular complexity index is 1140. The second kappa shape index (κ2) is 8.70. The number of benzene rings is 2. The Morgan fingerprint density at radius 1 is 1.00 bits per heavy atom. The Morgan fingerprint density at radius 3 is 2.31 bits per heavy atom. The van der Waals surface area contributed by atoms with Crippen LogP contribution in [0, 0.1) is 19.3 Å². The normalized spacial score (nSPS) is 13.8. The summed E-state index contributed by atoms with van der Waals surface area (Å²) in [7, 11) is 0. The molecular weight excluding hydrogens is 406 g/mol. The highest BCUT2D eigenvalue weighted by atomic mass is 16.5. The fourth-order valence-electron chi connectivity index (χ4n) is 3.40. The molecular formula is C25H25N3O4. The fraction of sp³-hybridized carbons (Fsp3) is 0.240. The van der Waals surface area contributed by atoms with Gasteiger partial charge in [0.2, 0.25) is 5.88 Å². The monoisotopic (exact) mass is 431 g/mol. The molecule has 0 aliphatic heterocycles. The molecule has 32 heavy (non-hydrogen) atoms. The number of ether oxygens (including phenoxy) is 1. The highest BCUT2D eigenvalue weighted by Gasteiger charge is 2.51. The van der Waals surface area contributed by atoms with E-state index in [1.165, 1.54) is 0 Å². The topological polar surface area (TPSA) is 101 Å². The van der Waals surface area contributed by atoms with E-state index in [1.807, 2.05) is 62.4 Å². The number of carbonyl (C=O) groups excluding carboxylic acids is 1. The summed E-state index contributed by atoms with van der Waals surface area (Å²) in [6, 6.07) is 16.6. The molecule has 3 N–H and O–H groups in total. The first kappa shape index (κ1) is 21.4. The number of nitrogens with zero attached hydrogens (tertiary/aromatic N) is 1. The molecule has 0 unspecified atom stereocenters. The lowest BCUT2D eigenvalue weighted by Gasteiger charge is -2.12. The van der Waals surface area contributed by atoms with Crippen LogP contribution in [0.25, 0.3) is 11.1 Å². The number of carboxylic acid groups (broad SMARTS) is 1. The van der Waals surface area contributed by atoms with E-state index in [4.69, 9.17) is 4.74 Å². The predicted octanol–water partition coefficient (Wildman–Crippen LogP) is 5.25. The zero-order valence-corrected chi connectivity index (χ0v) is 18.0. The van der Waals surface area contributed by atoms with Gasteiger partial charge in [0.15, 0.2) is 0 Å². The van der Waals surface area contributed by atoms with Crippen molar-refractivity contribution in [1.82, 2.24) is 4.98 Å². The number of aliphatic carboxylic acids is 1. The number of pyridine rings is 1. The largest absolute Gasteiger partial charge is 0.481 e. The first-order valence-corrected chi connectivity index (χ1v) is 10.4. The number of amides is 2. The van der Waals surface area contributed by atoms with E-state index >= 15 is 0 Å². The van der Waals surface area contributed by atoms with E-state index < -0.39 is 11.4 Å². The number of rotatable bonds is 7. The second-order valence-corrected chi connectivity index (χ2v) is 8.23. The molecule has 1 aromatic heterocycles. The van der Waals surface area contributed by atoms with Crippen molar-refractivity contribution < 1.29 is 19.4 Å². The Morgan fingerprint density at radius 2 is 1.72 bits per heavy atom. The summed E-state index contributed by atoms with van der Waals surface area (Å²) < 4.78 is 5.57. The maximum atomic E-state index is 12.3. The van der Waals surface area contributed by atoms with Gasteiger partial charge < -0.3 is 20.5 Å². The fourth-order valence-corrected chi connectivity index (χ4v) is 3.40. The third kappa shape index (κ3) is 4.88. The van der Waals surface area contributed by atoms with E-state index in [-0.39, 0.29) is 12.6 Å². The summed E-state index contributed by atoms with van der Waals surface area (Å²) in [6.45, 7) is 4.11. The minimum atomic E-state index is -0.814. The van der Waals surface area contributed by atoms with Crippen LogP contribution in [0.1, 0.15) is 24.0 Å². The highest BCUT2D eigenvalue weighted by Crippen LogP contribution is 2.46. The van der Waals surface area contributed by atoms with E-state index in [0.717, 1.165) is 27.9 Å². The molecule has 2 amide bonds. The van der Waals surface area contributed by atoms with Crippen molar-refractivity contribution in [1.29, 1.82) is 0 Å². The summed E-state index contributed by atoms with van der Waals surface area (Å²) in [5.74, 6) is -0.409. The van der Waals surface area contributed by atoms with Crippen LogP contribution in [0.4, 0.5) is 16.2 Å². The van der Waals surface area contributed by atoms with Crippen molar-refractivity contribution in [3.05, 3.63) is 71.9 Å². The average Bonchev–Trinajstić information content (AvgIpc) is 3.57. The lowest BCUT2D eigenvalue weighted by atomic mass is 10.1. The lowest BCUT2D eigenvalue weighted by molar-refractivity contribution is -0.144. The molecule has 7 heteroatoms. The van der Waals surface area contributed by atoms with Crippen molar-refractivity contribution in [2.75, 3.05) is 17.2 Å². The number of carboxylic acids is 1. The number of nitrogens with one attached hydrogen (secondary N) is 2. The van der Waals surface area contributed by atoms with Crippen molar-refractivity contribution in [3.63, 3.8) is 0 Å².